The molecule has 0 aromatic heterocycles. The zero-order valence-corrected chi connectivity index (χ0v) is 13.6. The highest BCUT2D eigenvalue weighted by Crippen LogP contribution is 2.17. The largest absolute Gasteiger partial charge is 0.324 e. The van der Waals surface area contributed by atoms with Gasteiger partial charge in [-0.05, 0) is 31.1 Å². The van der Waals surface area contributed by atoms with Gasteiger partial charge >= 0.3 is 0 Å². The van der Waals surface area contributed by atoms with Gasteiger partial charge in [0.05, 0.1) is 19.2 Å². The van der Waals surface area contributed by atoms with Crippen LogP contribution in [0.25, 0.3) is 5.57 Å². The smallest absolute Gasteiger partial charge is 0.278 e. The summed E-state index contributed by atoms with van der Waals surface area (Å²) in [7, 11) is 1.71. The molecule has 1 atom stereocenters. The van der Waals surface area contributed by atoms with Crippen LogP contribution in [0, 0.1) is 11.3 Å². The first-order valence-corrected chi connectivity index (χ1v) is 7.70. The summed E-state index contributed by atoms with van der Waals surface area (Å²) in [5, 5.41) is 9.12. The van der Waals surface area contributed by atoms with E-state index in [1.165, 1.54) is 16.0 Å². The summed E-state index contributed by atoms with van der Waals surface area (Å²) in [5.41, 5.74) is 1.88. The van der Waals surface area contributed by atoms with Gasteiger partial charge in [0.2, 0.25) is 0 Å². The molecule has 1 aromatic rings. The molecule has 0 bridgehead atoms. The summed E-state index contributed by atoms with van der Waals surface area (Å²) in [5.74, 6) is 0.0260. The molecule has 2 rings (SSSR count). The van der Waals surface area contributed by atoms with Crippen LogP contribution in [0.5, 0.6) is 0 Å². The molecule has 0 saturated heterocycles. The number of nitrogens with one attached hydrogen (secondary N) is 1. The zero-order valence-electron chi connectivity index (χ0n) is 13.6. The van der Waals surface area contributed by atoms with Crippen molar-refractivity contribution in [1.82, 2.24) is 4.90 Å². The first-order valence-electron chi connectivity index (χ1n) is 7.70. The summed E-state index contributed by atoms with van der Waals surface area (Å²) in [6.45, 7) is 5.79. The van der Waals surface area contributed by atoms with Crippen molar-refractivity contribution >= 4 is 11.5 Å². The Kier molecular flexibility index (Phi) is 4.99. The maximum atomic E-state index is 12.3. The van der Waals surface area contributed by atoms with Gasteiger partial charge < -0.3 is 9.80 Å². The Bertz CT molecular complexity index is 599. The van der Waals surface area contributed by atoms with E-state index in [4.69, 9.17) is 5.26 Å². The molecule has 1 unspecified atom stereocenters. The predicted molar refractivity (Wildman–Crippen MR) is 87.1 cm³/mol. The minimum atomic E-state index is -0.753. The lowest BCUT2D eigenvalue weighted by atomic mass is 9.99. The van der Waals surface area contributed by atoms with Crippen molar-refractivity contribution < 1.29 is 9.69 Å². The SMILES string of the molecule is CN(C(=O)C[NH+]1CC=C(c2ccccc2)CC1)C(C)(C)C#N. The fourth-order valence-electron chi connectivity index (χ4n) is 2.58. The molecule has 1 N–H and O–H groups in total. The second kappa shape index (κ2) is 6.76. The Morgan fingerprint density at radius 2 is 2.05 bits per heavy atom. The number of quaternary nitrogens is 1. The minimum absolute atomic E-state index is 0.0260. The normalized spacial score (nSPS) is 18.3. The molecule has 4 nitrogen and oxygen atoms in total. The minimum Gasteiger partial charge on any atom is -0.324 e. The van der Waals surface area contributed by atoms with Gasteiger partial charge in [0.15, 0.2) is 6.54 Å². The van der Waals surface area contributed by atoms with E-state index in [0.717, 1.165) is 19.5 Å². The van der Waals surface area contributed by atoms with E-state index >= 15 is 0 Å². The monoisotopic (exact) mass is 298 g/mol. The van der Waals surface area contributed by atoms with Crippen LogP contribution in [0.15, 0.2) is 36.4 Å². The van der Waals surface area contributed by atoms with Gasteiger partial charge in [-0.3, -0.25) is 4.79 Å². The molecule has 0 saturated carbocycles. The van der Waals surface area contributed by atoms with Crippen LogP contribution in [0.1, 0.15) is 25.8 Å². The highest BCUT2D eigenvalue weighted by molar-refractivity contribution is 5.78. The van der Waals surface area contributed by atoms with Crippen molar-refractivity contribution in [3.05, 3.63) is 42.0 Å². The van der Waals surface area contributed by atoms with Crippen molar-refractivity contribution in [1.29, 1.82) is 5.26 Å². The standard InChI is InChI=1S/C18H23N3O/c1-18(2,14-19)20(3)17(22)13-21-11-9-16(10-12-21)15-7-5-4-6-8-15/h4-9H,10-13H2,1-3H3/p+1. The molecule has 1 amide bonds. The first kappa shape index (κ1) is 16.3. The third kappa shape index (κ3) is 3.75. The van der Waals surface area contributed by atoms with E-state index < -0.39 is 5.54 Å². The highest BCUT2D eigenvalue weighted by atomic mass is 16.2. The lowest BCUT2D eigenvalue weighted by molar-refractivity contribution is -0.887. The van der Waals surface area contributed by atoms with Gasteiger partial charge in [-0.1, -0.05) is 30.3 Å². The summed E-state index contributed by atoms with van der Waals surface area (Å²) in [6.07, 6.45) is 3.22. The molecular weight excluding hydrogens is 274 g/mol. The van der Waals surface area contributed by atoms with Gasteiger partial charge in [0.1, 0.15) is 5.54 Å². The van der Waals surface area contributed by atoms with Crippen molar-refractivity contribution in [2.24, 2.45) is 0 Å². The number of benzene rings is 1. The van der Waals surface area contributed by atoms with Crippen LogP contribution in [0.3, 0.4) is 0 Å². The molecule has 1 aliphatic heterocycles. The van der Waals surface area contributed by atoms with Gasteiger partial charge in [-0.15, -0.1) is 0 Å². The molecule has 116 valence electrons. The Balaban J connectivity index is 1.94. The molecule has 22 heavy (non-hydrogen) atoms. The number of carbonyl (C=O) groups is 1. The van der Waals surface area contributed by atoms with Crippen molar-refractivity contribution in [2.75, 3.05) is 26.7 Å². The lowest BCUT2D eigenvalue weighted by Crippen LogP contribution is -3.13. The lowest BCUT2D eigenvalue weighted by Gasteiger charge is -2.31. The van der Waals surface area contributed by atoms with Gasteiger partial charge in [0, 0.05) is 13.5 Å². The van der Waals surface area contributed by atoms with Crippen LogP contribution in [0.4, 0.5) is 0 Å². The Morgan fingerprint density at radius 1 is 1.36 bits per heavy atom. The summed E-state index contributed by atoms with van der Waals surface area (Å²) >= 11 is 0. The van der Waals surface area contributed by atoms with Crippen molar-refractivity contribution in [2.45, 2.75) is 25.8 Å². The number of nitriles is 1. The summed E-state index contributed by atoms with van der Waals surface area (Å²) in [4.78, 5) is 15.1. The maximum Gasteiger partial charge on any atom is 0.278 e. The van der Waals surface area contributed by atoms with Crippen LogP contribution in [-0.4, -0.2) is 43.0 Å². The Labute approximate surface area is 132 Å². The number of amides is 1. The first-order chi connectivity index (χ1) is 10.4. The number of likely N-dealkylation sites (N-methyl/N-ethyl adjacent to an activating group) is 1. The second-order valence-corrected chi connectivity index (χ2v) is 6.35. The predicted octanol–water partition coefficient (Wildman–Crippen LogP) is 1.12. The number of hydrogen-bond acceptors (Lipinski definition) is 2. The van der Waals surface area contributed by atoms with Gasteiger partial charge in [-0.2, -0.15) is 5.26 Å². The maximum absolute atomic E-state index is 12.3. The number of rotatable bonds is 4. The average molecular weight is 298 g/mol. The number of carbonyl (C=O) groups excluding carboxylic acids is 1. The number of hydrogen-bond donors (Lipinski definition) is 1. The van der Waals surface area contributed by atoms with Crippen molar-refractivity contribution in [3.63, 3.8) is 0 Å². The molecule has 1 aromatic carbocycles. The van der Waals surface area contributed by atoms with E-state index in [1.54, 1.807) is 25.8 Å². The third-order valence-electron chi connectivity index (χ3n) is 4.42. The second-order valence-electron chi connectivity index (χ2n) is 6.35. The van der Waals surface area contributed by atoms with E-state index in [9.17, 15) is 4.79 Å². The fourth-order valence-corrected chi connectivity index (χ4v) is 2.58. The molecule has 0 spiro atoms. The molecule has 0 fully saturated rings. The Hall–Kier alpha value is -2.12. The van der Waals surface area contributed by atoms with Crippen LogP contribution in [-0.2, 0) is 4.79 Å². The summed E-state index contributed by atoms with van der Waals surface area (Å²) in [6, 6.07) is 12.6. The topological polar surface area (TPSA) is 48.5 Å². The molecule has 0 aliphatic carbocycles. The third-order valence-corrected chi connectivity index (χ3v) is 4.42. The van der Waals surface area contributed by atoms with E-state index in [-0.39, 0.29) is 5.91 Å². The van der Waals surface area contributed by atoms with E-state index in [2.05, 4.69) is 36.4 Å². The molecule has 0 radical (unpaired) electrons. The zero-order chi connectivity index (χ0) is 16.2. The number of nitrogens with zero attached hydrogens (tertiary/aromatic N) is 2. The van der Waals surface area contributed by atoms with Gasteiger partial charge in [-0.25, -0.2) is 0 Å². The van der Waals surface area contributed by atoms with Crippen LogP contribution in [0.2, 0.25) is 0 Å². The highest BCUT2D eigenvalue weighted by Gasteiger charge is 2.30. The van der Waals surface area contributed by atoms with Crippen molar-refractivity contribution in [3.8, 4) is 6.07 Å². The van der Waals surface area contributed by atoms with Gasteiger partial charge in [0.25, 0.3) is 5.91 Å². The molecule has 1 heterocycles. The van der Waals surface area contributed by atoms with E-state index in [1.807, 2.05) is 6.07 Å². The Morgan fingerprint density at radius 3 is 2.59 bits per heavy atom. The van der Waals surface area contributed by atoms with Crippen LogP contribution >= 0.6 is 0 Å². The van der Waals surface area contributed by atoms with E-state index in [0.29, 0.717) is 6.54 Å². The molecular formula is C18H24N3O+. The summed E-state index contributed by atoms with van der Waals surface area (Å²) < 4.78 is 0. The quantitative estimate of drug-likeness (QED) is 0.905. The molecule has 1 aliphatic rings. The fraction of sp³-hybridized carbons (Fsp3) is 0.444. The molecule has 4 heteroatoms. The average Bonchev–Trinajstić information content (AvgIpc) is 2.55. The van der Waals surface area contributed by atoms with Crippen LogP contribution < -0.4 is 4.90 Å².